The molecular weight excluding hydrogens is 298 g/mol. The second kappa shape index (κ2) is 7.95. The highest BCUT2D eigenvalue weighted by Gasteiger charge is 2.16. The van der Waals surface area contributed by atoms with E-state index in [-0.39, 0.29) is 5.91 Å². The number of nitrogens with one attached hydrogen (secondary N) is 1. The van der Waals surface area contributed by atoms with Crippen molar-refractivity contribution in [2.75, 3.05) is 6.54 Å². The van der Waals surface area contributed by atoms with E-state index in [1.807, 2.05) is 35.0 Å². The number of benzene rings is 1. The van der Waals surface area contributed by atoms with Gasteiger partial charge in [-0.1, -0.05) is 36.8 Å². The molecule has 4 heteroatoms. The molecule has 0 radical (unpaired) electrons. The molecule has 3 rings (SSSR count). The van der Waals surface area contributed by atoms with Gasteiger partial charge in [0.15, 0.2) is 0 Å². The molecule has 126 valence electrons. The monoisotopic (exact) mass is 323 g/mol. The highest BCUT2D eigenvalue weighted by molar-refractivity contribution is 5.95. The molecule has 0 saturated heterocycles. The molecule has 0 unspecified atom stereocenters. The molecular formula is C20H25N3O. The van der Waals surface area contributed by atoms with E-state index in [2.05, 4.69) is 23.4 Å². The number of aromatic nitrogens is 2. The number of hydrogen-bond acceptors (Lipinski definition) is 2. The highest BCUT2D eigenvalue weighted by Crippen LogP contribution is 2.20. The van der Waals surface area contributed by atoms with Crippen LogP contribution in [0.5, 0.6) is 0 Å². The number of rotatable bonds is 6. The Kier molecular flexibility index (Phi) is 5.47. The molecule has 0 spiro atoms. The maximum absolute atomic E-state index is 12.5. The van der Waals surface area contributed by atoms with E-state index >= 15 is 0 Å². The summed E-state index contributed by atoms with van der Waals surface area (Å²) in [5.41, 5.74) is 4.10. The van der Waals surface area contributed by atoms with Crippen molar-refractivity contribution in [3.8, 4) is 5.69 Å². The van der Waals surface area contributed by atoms with Crippen molar-refractivity contribution >= 4 is 5.91 Å². The predicted molar refractivity (Wildman–Crippen MR) is 96.4 cm³/mol. The maximum Gasteiger partial charge on any atom is 0.254 e. The van der Waals surface area contributed by atoms with E-state index in [0.29, 0.717) is 12.1 Å². The van der Waals surface area contributed by atoms with Gasteiger partial charge in [0.1, 0.15) is 0 Å². The number of carbonyl (C=O) groups excluding carboxylic acids is 1. The molecule has 2 aromatic rings. The summed E-state index contributed by atoms with van der Waals surface area (Å²) in [4.78, 5) is 12.5. The minimum atomic E-state index is -0.0227. The normalized spacial score (nSPS) is 14.3. The quantitative estimate of drug-likeness (QED) is 0.815. The minimum Gasteiger partial charge on any atom is -0.352 e. The summed E-state index contributed by atoms with van der Waals surface area (Å²) >= 11 is 0. The van der Waals surface area contributed by atoms with E-state index in [1.54, 1.807) is 6.20 Å². The molecule has 1 amide bonds. The van der Waals surface area contributed by atoms with E-state index in [0.717, 1.165) is 24.2 Å². The smallest absolute Gasteiger partial charge is 0.254 e. The van der Waals surface area contributed by atoms with Gasteiger partial charge < -0.3 is 5.32 Å². The van der Waals surface area contributed by atoms with Crippen LogP contribution in [0.25, 0.3) is 5.69 Å². The van der Waals surface area contributed by atoms with Gasteiger partial charge >= 0.3 is 0 Å². The second-order valence-corrected chi connectivity index (χ2v) is 6.22. The SMILES string of the molecule is CCc1c(C(=O)NCCC2=CCCCC2)cnn1-c1ccccc1. The number of nitrogens with zero attached hydrogens (tertiary/aromatic N) is 2. The van der Waals surface area contributed by atoms with Crippen LogP contribution < -0.4 is 5.32 Å². The lowest BCUT2D eigenvalue weighted by Crippen LogP contribution is -2.25. The van der Waals surface area contributed by atoms with Gasteiger partial charge in [-0.05, 0) is 50.7 Å². The summed E-state index contributed by atoms with van der Waals surface area (Å²) in [5.74, 6) is -0.0227. The van der Waals surface area contributed by atoms with E-state index < -0.39 is 0 Å². The lowest BCUT2D eigenvalue weighted by Gasteiger charge is -2.13. The Morgan fingerprint density at radius 3 is 2.79 bits per heavy atom. The van der Waals surface area contributed by atoms with E-state index in [9.17, 15) is 4.79 Å². The number of carbonyl (C=O) groups is 1. The van der Waals surface area contributed by atoms with Crippen LogP contribution in [0.15, 0.2) is 48.2 Å². The Hall–Kier alpha value is -2.36. The van der Waals surface area contributed by atoms with Crippen molar-refractivity contribution in [1.29, 1.82) is 0 Å². The fraction of sp³-hybridized carbons (Fsp3) is 0.400. The fourth-order valence-electron chi connectivity index (χ4n) is 3.26. The third kappa shape index (κ3) is 3.75. The lowest BCUT2D eigenvalue weighted by molar-refractivity contribution is 0.0953. The minimum absolute atomic E-state index is 0.0227. The van der Waals surface area contributed by atoms with Crippen LogP contribution >= 0.6 is 0 Å². The summed E-state index contributed by atoms with van der Waals surface area (Å²) in [5, 5.41) is 7.47. The average molecular weight is 323 g/mol. The Bertz CT molecular complexity index is 716. The topological polar surface area (TPSA) is 46.9 Å². The lowest BCUT2D eigenvalue weighted by atomic mass is 9.97. The Balaban J connectivity index is 1.66. The van der Waals surface area contributed by atoms with Crippen LogP contribution in [0.2, 0.25) is 0 Å². The van der Waals surface area contributed by atoms with Crippen LogP contribution in [-0.4, -0.2) is 22.2 Å². The number of para-hydroxylation sites is 1. The summed E-state index contributed by atoms with van der Waals surface area (Å²) in [6, 6.07) is 9.95. The highest BCUT2D eigenvalue weighted by atomic mass is 16.1. The average Bonchev–Trinajstić information content (AvgIpc) is 3.07. The van der Waals surface area contributed by atoms with Crippen LogP contribution in [-0.2, 0) is 6.42 Å². The predicted octanol–water partition coefficient (Wildman–Crippen LogP) is 4.06. The molecule has 24 heavy (non-hydrogen) atoms. The van der Waals surface area contributed by atoms with Gasteiger partial charge in [0.05, 0.1) is 23.1 Å². The number of hydrogen-bond donors (Lipinski definition) is 1. The Morgan fingerprint density at radius 1 is 1.25 bits per heavy atom. The Labute approximate surface area is 143 Å². The standard InChI is InChI=1S/C20H25N3O/c1-2-19-18(15-22-23(19)17-11-7-4-8-12-17)20(24)21-14-13-16-9-5-3-6-10-16/h4,7-9,11-12,15H,2-3,5-6,10,13-14H2,1H3,(H,21,24). The molecule has 0 atom stereocenters. The maximum atomic E-state index is 12.5. The number of amides is 1. The van der Waals surface area contributed by atoms with Crippen molar-refractivity contribution in [1.82, 2.24) is 15.1 Å². The second-order valence-electron chi connectivity index (χ2n) is 6.22. The van der Waals surface area contributed by atoms with Crippen molar-refractivity contribution in [3.63, 3.8) is 0 Å². The van der Waals surface area contributed by atoms with Crippen molar-refractivity contribution < 1.29 is 4.79 Å². The molecule has 4 nitrogen and oxygen atoms in total. The first kappa shape index (κ1) is 16.5. The van der Waals surface area contributed by atoms with Crippen LogP contribution in [0.1, 0.15) is 55.1 Å². The zero-order valence-corrected chi connectivity index (χ0v) is 14.3. The first-order chi connectivity index (χ1) is 11.8. The largest absolute Gasteiger partial charge is 0.352 e. The van der Waals surface area contributed by atoms with Gasteiger partial charge in [-0.25, -0.2) is 4.68 Å². The van der Waals surface area contributed by atoms with Gasteiger partial charge in [-0.2, -0.15) is 5.10 Å². The van der Waals surface area contributed by atoms with Gasteiger partial charge in [0.2, 0.25) is 0 Å². The van der Waals surface area contributed by atoms with Crippen LogP contribution in [0.3, 0.4) is 0 Å². The fourth-order valence-corrected chi connectivity index (χ4v) is 3.26. The van der Waals surface area contributed by atoms with Gasteiger partial charge in [0.25, 0.3) is 5.91 Å². The molecule has 0 fully saturated rings. The Morgan fingerprint density at radius 2 is 2.08 bits per heavy atom. The third-order valence-corrected chi connectivity index (χ3v) is 4.57. The van der Waals surface area contributed by atoms with Crippen molar-refractivity contribution in [2.24, 2.45) is 0 Å². The zero-order valence-electron chi connectivity index (χ0n) is 14.3. The molecule has 0 saturated carbocycles. The molecule has 0 bridgehead atoms. The van der Waals surface area contributed by atoms with Gasteiger partial charge in [-0.15, -0.1) is 0 Å². The van der Waals surface area contributed by atoms with Crippen molar-refractivity contribution in [2.45, 2.75) is 45.4 Å². The summed E-state index contributed by atoms with van der Waals surface area (Å²) in [7, 11) is 0. The molecule has 1 aromatic carbocycles. The molecule has 1 heterocycles. The van der Waals surface area contributed by atoms with E-state index in [1.165, 1.54) is 31.3 Å². The summed E-state index contributed by atoms with van der Waals surface area (Å²) < 4.78 is 1.86. The molecule has 0 aliphatic heterocycles. The third-order valence-electron chi connectivity index (χ3n) is 4.57. The molecule has 1 aliphatic carbocycles. The molecule has 1 aromatic heterocycles. The van der Waals surface area contributed by atoms with Crippen LogP contribution in [0, 0.1) is 0 Å². The molecule has 1 aliphatic rings. The first-order valence-corrected chi connectivity index (χ1v) is 8.88. The van der Waals surface area contributed by atoms with Gasteiger partial charge in [0, 0.05) is 6.54 Å². The molecule has 1 N–H and O–H groups in total. The van der Waals surface area contributed by atoms with Crippen molar-refractivity contribution in [3.05, 3.63) is 59.4 Å². The first-order valence-electron chi connectivity index (χ1n) is 8.88. The summed E-state index contributed by atoms with van der Waals surface area (Å²) in [6.07, 6.45) is 10.7. The van der Waals surface area contributed by atoms with Crippen LogP contribution in [0.4, 0.5) is 0 Å². The number of allylic oxidation sites excluding steroid dienone is 1. The van der Waals surface area contributed by atoms with Gasteiger partial charge in [-0.3, -0.25) is 4.79 Å². The zero-order chi connectivity index (χ0) is 16.8. The summed E-state index contributed by atoms with van der Waals surface area (Å²) in [6.45, 7) is 2.75. The van der Waals surface area contributed by atoms with E-state index in [4.69, 9.17) is 0 Å².